The van der Waals surface area contributed by atoms with Crippen molar-refractivity contribution < 1.29 is 4.79 Å². The Hall–Kier alpha value is -2.05. The van der Waals surface area contributed by atoms with Gasteiger partial charge in [0.25, 0.3) is 5.91 Å². The summed E-state index contributed by atoms with van der Waals surface area (Å²) < 4.78 is 0. The Morgan fingerprint density at radius 1 is 1.44 bits per heavy atom. The molecule has 1 aliphatic heterocycles. The molecule has 0 saturated carbocycles. The summed E-state index contributed by atoms with van der Waals surface area (Å²) in [5.74, 6) is 0.0481. The number of rotatable bonds is 3. The second-order valence-corrected chi connectivity index (χ2v) is 3.65. The Morgan fingerprint density at radius 2 is 2.19 bits per heavy atom. The van der Waals surface area contributed by atoms with Gasteiger partial charge < -0.3 is 4.90 Å². The van der Waals surface area contributed by atoms with E-state index in [4.69, 9.17) is 0 Å². The first-order chi connectivity index (χ1) is 7.79. The molecular weight excluding hydrogens is 198 g/mol. The topological polar surface area (TPSA) is 20.3 Å². The lowest BCUT2D eigenvalue weighted by Crippen LogP contribution is -2.27. The largest absolute Gasteiger partial charge is 0.324 e. The van der Waals surface area contributed by atoms with E-state index in [-0.39, 0.29) is 11.9 Å². The zero-order valence-corrected chi connectivity index (χ0v) is 9.02. The summed E-state index contributed by atoms with van der Waals surface area (Å²) in [5, 5.41) is 0. The van der Waals surface area contributed by atoms with Crippen molar-refractivity contribution in [1.82, 2.24) is 4.90 Å². The molecule has 1 heterocycles. The minimum absolute atomic E-state index is 0.0481. The fourth-order valence-electron chi connectivity index (χ4n) is 2.03. The molecular formula is C14H13NO. The third-order valence-electron chi connectivity index (χ3n) is 2.71. The van der Waals surface area contributed by atoms with Crippen molar-refractivity contribution in [3.63, 3.8) is 0 Å². The molecule has 0 saturated heterocycles. The molecule has 2 heteroatoms. The maximum atomic E-state index is 12.1. The molecule has 80 valence electrons. The summed E-state index contributed by atoms with van der Waals surface area (Å²) in [6.45, 7) is 7.78. The molecule has 1 aliphatic rings. The molecule has 1 unspecified atom stereocenters. The zero-order chi connectivity index (χ0) is 11.5. The van der Waals surface area contributed by atoms with E-state index in [2.05, 4.69) is 18.9 Å². The van der Waals surface area contributed by atoms with Crippen molar-refractivity contribution in [3.05, 3.63) is 66.4 Å². The monoisotopic (exact) mass is 211 g/mol. The number of nitrogens with zero attached hydrogens (tertiary/aromatic N) is 1. The van der Waals surface area contributed by atoms with Crippen LogP contribution >= 0.6 is 0 Å². The third kappa shape index (κ3) is 1.50. The summed E-state index contributed by atoms with van der Waals surface area (Å²) in [5.41, 5.74) is 4.54. The molecule has 1 amide bonds. The Kier molecular flexibility index (Phi) is 2.76. The number of carbonyl (C=O) groups excluding carboxylic acids is 1. The second-order valence-electron chi connectivity index (χ2n) is 3.65. The first-order valence-corrected chi connectivity index (χ1v) is 5.16. The van der Waals surface area contributed by atoms with Crippen molar-refractivity contribution in [1.29, 1.82) is 0 Å². The van der Waals surface area contributed by atoms with Gasteiger partial charge in [-0.2, -0.15) is 0 Å². The Morgan fingerprint density at radius 3 is 2.88 bits per heavy atom. The summed E-state index contributed by atoms with van der Waals surface area (Å²) in [4.78, 5) is 13.8. The smallest absolute Gasteiger partial charge is 0.255 e. The summed E-state index contributed by atoms with van der Waals surface area (Å²) in [6.07, 6.45) is 3.54. The highest BCUT2D eigenvalue weighted by molar-refractivity contribution is 5.99. The van der Waals surface area contributed by atoms with Gasteiger partial charge in [-0.15, -0.1) is 12.3 Å². The summed E-state index contributed by atoms with van der Waals surface area (Å²) in [6, 6.07) is 7.58. The third-order valence-corrected chi connectivity index (χ3v) is 2.71. The number of carbonyl (C=O) groups is 1. The van der Waals surface area contributed by atoms with Gasteiger partial charge in [0.2, 0.25) is 0 Å². The van der Waals surface area contributed by atoms with E-state index in [1.165, 1.54) is 0 Å². The van der Waals surface area contributed by atoms with Crippen LogP contribution in [-0.2, 0) is 0 Å². The fraction of sp³-hybridized carbons (Fsp3) is 0.143. The van der Waals surface area contributed by atoms with Crippen LogP contribution in [0.3, 0.4) is 0 Å². The summed E-state index contributed by atoms with van der Waals surface area (Å²) in [7, 11) is 0. The Balaban J connectivity index is 2.51. The van der Waals surface area contributed by atoms with Crippen molar-refractivity contribution in [2.24, 2.45) is 0 Å². The summed E-state index contributed by atoms with van der Waals surface area (Å²) >= 11 is 0. The standard InChI is InChI=1S/C14H13NO/c1-3-7-13-11-8-5-6-9-12(11)14(16)15(13)10-4-2/h4-9,13H,1-2,10H2. The minimum Gasteiger partial charge on any atom is -0.324 e. The van der Waals surface area contributed by atoms with E-state index in [0.717, 1.165) is 11.1 Å². The molecule has 0 fully saturated rings. The second kappa shape index (κ2) is 4.21. The highest BCUT2D eigenvalue weighted by atomic mass is 16.2. The predicted molar refractivity (Wildman–Crippen MR) is 64.1 cm³/mol. The van der Waals surface area contributed by atoms with Gasteiger partial charge in [-0.1, -0.05) is 30.9 Å². The van der Waals surface area contributed by atoms with E-state index in [1.54, 1.807) is 11.0 Å². The zero-order valence-electron chi connectivity index (χ0n) is 9.02. The lowest BCUT2D eigenvalue weighted by atomic mass is 10.0. The van der Waals surface area contributed by atoms with Gasteiger partial charge in [0.1, 0.15) is 0 Å². The Labute approximate surface area is 95.2 Å². The van der Waals surface area contributed by atoms with Crippen LogP contribution in [0.2, 0.25) is 0 Å². The maximum absolute atomic E-state index is 12.1. The number of amides is 1. The quantitative estimate of drug-likeness (QED) is 0.556. The van der Waals surface area contributed by atoms with Gasteiger partial charge >= 0.3 is 0 Å². The number of hydrogen-bond acceptors (Lipinski definition) is 1. The highest BCUT2D eigenvalue weighted by Crippen LogP contribution is 2.33. The predicted octanol–water partition coefficient (Wildman–Crippen LogP) is 2.71. The maximum Gasteiger partial charge on any atom is 0.255 e. The molecule has 2 rings (SSSR count). The van der Waals surface area contributed by atoms with Crippen LogP contribution in [0.4, 0.5) is 0 Å². The minimum atomic E-state index is -0.0563. The van der Waals surface area contributed by atoms with Gasteiger partial charge in [0.15, 0.2) is 0 Å². The molecule has 0 aromatic heterocycles. The number of fused-ring (bicyclic) bond motifs is 1. The van der Waals surface area contributed by atoms with E-state index in [0.29, 0.717) is 6.54 Å². The van der Waals surface area contributed by atoms with Crippen molar-refractivity contribution in [2.45, 2.75) is 6.04 Å². The van der Waals surface area contributed by atoms with Crippen molar-refractivity contribution >= 4 is 5.91 Å². The van der Waals surface area contributed by atoms with E-state index >= 15 is 0 Å². The van der Waals surface area contributed by atoms with Crippen LogP contribution in [0.25, 0.3) is 0 Å². The molecule has 2 nitrogen and oxygen atoms in total. The molecule has 1 aromatic rings. The lowest BCUT2D eigenvalue weighted by molar-refractivity contribution is 0.0774. The molecule has 16 heavy (non-hydrogen) atoms. The van der Waals surface area contributed by atoms with E-state index in [1.807, 2.05) is 30.3 Å². The van der Waals surface area contributed by atoms with Crippen LogP contribution in [0.1, 0.15) is 22.0 Å². The average Bonchev–Trinajstić information content (AvgIpc) is 2.57. The van der Waals surface area contributed by atoms with Gasteiger partial charge in [-0.3, -0.25) is 4.79 Å². The number of hydrogen-bond donors (Lipinski definition) is 0. The first kappa shape index (κ1) is 10.5. The normalized spacial score (nSPS) is 17.9. The first-order valence-electron chi connectivity index (χ1n) is 5.16. The lowest BCUT2D eigenvalue weighted by Gasteiger charge is -2.20. The van der Waals surface area contributed by atoms with Gasteiger partial charge in [-0.05, 0) is 17.7 Å². The van der Waals surface area contributed by atoms with Crippen molar-refractivity contribution in [3.8, 4) is 0 Å². The van der Waals surface area contributed by atoms with Crippen LogP contribution < -0.4 is 0 Å². The Bertz CT molecular complexity index is 483. The van der Waals surface area contributed by atoms with Gasteiger partial charge in [0.05, 0.1) is 6.04 Å². The molecule has 0 bridgehead atoms. The van der Waals surface area contributed by atoms with E-state index < -0.39 is 0 Å². The molecule has 0 radical (unpaired) electrons. The number of benzene rings is 1. The fourth-order valence-corrected chi connectivity index (χ4v) is 2.03. The molecule has 1 aromatic carbocycles. The van der Waals surface area contributed by atoms with Gasteiger partial charge in [0, 0.05) is 12.1 Å². The average molecular weight is 211 g/mol. The SMILES string of the molecule is C=C=CC1c2ccccc2C(=O)N1CC=C. The highest BCUT2D eigenvalue weighted by Gasteiger charge is 2.33. The molecule has 0 aliphatic carbocycles. The van der Waals surface area contributed by atoms with Crippen LogP contribution in [0.5, 0.6) is 0 Å². The van der Waals surface area contributed by atoms with Crippen LogP contribution in [0, 0.1) is 0 Å². The van der Waals surface area contributed by atoms with Gasteiger partial charge in [-0.25, -0.2) is 0 Å². The molecule has 0 spiro atoms. The van der Waals surface area contributed by atoms with Crippen molar-refractivity contribution in [2.75, 3.05) is 6.54 Å². The van der Waals surface area contributed by atoms with E-state index in [9.17, 15) is 4.79 Å². The van der Waals surface area contributed by atoms with Crippen LogP contribution in [0.15, 0.2) is 55.3 Å². The molecule has 0 N–H and O–H groups in total. The van der Waals surface area contributed by atoms with Crippen LogP contribution in [-0.4, -0.2) is 17.4 Å². The molecule has 1 atom stereocenters.